The largest absolute Gasteiger partial charge is 0.261 e. The number of nitrogens with zero attached hydrogens (tertiary/aromatic N) is 3. The molecule has 0 atom stereocenters. The Hall–Kier alpha value is -1.94. The summed E-state index contributed by atoms with van der Waals surface area (Å²) in [6, 6.07) is 8.37. The van der Waals surface area contributed by atoms with Crippen molar-refractivity contribution in [2.24, 2.45) is 0 Å². The van der Waals surface area contributed by atoms with Crippen molar-refractivity contribution in [1.82, 2.24) is 20.2 Å². The lowest BCUT2D eigenvalue weighted by Gasteiger charge is -2.19. The molecule has 0 unspecified atom stereocenters. The van der Waals surface area contributed by atoms with Crippen molar-refractivity contribution in [1.29, 1.82) is 0 Å². The van der Waals surface area contributed by atoms with E-state index in [4.69, 9.17) is 11.6 Å². The fourth-order valence-corrected chi connectivity index (χ4v) is 2.32. The number of aromatic amines is 1. The van der Waals surface area contributed by atoms with Crippen LogP contribution in [0.3, 0.4) is 0 Å². The number of H-pyrrole nitrogens is 1. The molecule has 2 heterocycles. The van der Waals surface area contributed by atoms with Crippen LogP contribution < -0.4 is 0 Å². The number of aromatic nitrogens is 4. The molecule has 4 nitrogen and oxygen atoms in total. The van der Waals surface area contributed by atoms with Crippen LogP contribution in [-0.2, 0) is 5.41 Å². The van der Waals surface area contributed by atoms with Crippen molar-refractivity contribution in [3.8, 4) is 11.3 Å². The lowest BCUT2D eigenvalue weighted by molar-refractivity contribution is 0.590. The smallest absolute Gasteiger partial charge is 0.224 e. The van der Waals surface area contributed by atoms with Gasteiger partial charge in [-0.2, -0.15) is 10.1 Å². The van der Waals surface area contributed by atoms with E-state index in [1.165, 1.54) is 5.56 Å². The summed E-state index contributed by atoms with van der Waals surface area (Å²) in [6.07, 6.45) is 1.72. The highest BCUT2D eigenvalue weighted by Crippen LogP contribution is 2.29. The summed E-state index contributed by atoms with van der Waals surface area (Å²) in [5.74, 6) is 0. The minimum absolute atomic E-state index is 0.132. The van der Waals surface area contributed by atoms with Gasteiger partial charge in [0, 0.05) is 5.56 Å². The third-order valence-electron chi connectivity index (χ3n) is 3.31. The van der Waals surface area contributed by atoms with E-state index in [2.05, 4.69) is 65.2 Å². The number of hydrogen-bond acceptors (Lipinski definition) is 3. The van der Waals surface area contributed by atoms with Gasteiger partial charge in [0.2, 0.25) is 5.28 Å². The van der Waals surface area contributed by atoms with Gasteiger partial charge in [0.1, 0.15) is 0 Å². The van der Waals surface area contributed by atoms with Crippen LogP contribution in [0.5, 0.6) is 0 Å². The zero-order valence-electron chi connectivity index (χ0n) is 11.6. The van der Waals surface area contributed by atoms with Gasteiger partial charge >= 0.3 is 0 Å². The molecule has 0 saturated heterocycles. The minimum Gasteiger partial charge on any atom is -0.261 e. The molecular formula is C15H15ClN4. The van der Waals surface area contributed by atoms with Crippen LogP contribution in [0.25, 0.3) is 22.3 Å². The van der Waals surface area contributed by atoms with Crippen LogP contribution in [0.15, 0.2) is 30.5 Å². The fraction of sp³-hybridized carbons (Fsp3) is 0.267. The van der Waals surface area contributed by atoms with E-state index in [0.717, 1.165) is 16.6 Å². The summed E-state index contributed by atoms with van der Waals surface area (Å²) in [5, 5.41) is 7.91. The number of fused-ring (bicyclic) bond motifs is 1. The predicted octanol–water partition coefficient (Wildman–Crippen LogP) is 3.97. The average molecular weight is 287 g/mol. The summed E-state index contributed by atoms with van der Waals surface area (Å²) in [6.45, 7) is 6.58. The molecule has 0 saturated carbocycles. The van der Waals surface area contributed by atoms with Crippen molar-refractivity contribution >= 4 is 22.6 Å². The first-order chi connectivity index (χ1) is 9.45. The number of nitrogens with one attached hydrogen (secondary N) is 1. The number of hydrogen-bond donors (Lipinski definition) is 1. The molecule has 3 rings (SSSR count). The highest BCUT2D eigenvalue weighted by atomic mass is 35.5. The molecule has 0 aliphatic rings. The third kappa shape index (κ3) is 2.27. The fourth-order valence-electron chi connectivity index (χ4n) is 2.16. The van der Waals surface area contributed by atoms with Crippen molar-refractivity contribution in [2.75, 3.05) is 0 Å². The Kier molecular flexibility index (Phi) is 2.98. The van der Waals surface area contributed by atoms with Gasteiger partial charge in [0.15, 0.2) is 5.65 Å². The highest BCUT2D eigenvalue weighted by molar-refractivity contribution is 6.28. The average Bonchev–Trinajstić information content (AvgIpc) is 2.85. The van der Waals surface area contributed by atoms with Crippen molar-refractivity contribution in [3.05, 3.63) is 41.3 Å². The molecule has 1 N–H and O–H groups in total. The Morgan fingerprint density at radius 3 is 2.40 bits per heavy atom. The van der Waals surface area contributed by atoms with Gasteiger partial charge in [-0.15, -0.1) is 0 Å². The molecule has 0 bridgehead atoms. The van der Waals surface area contributed by atoms with Crippen LogP contribution in [0.4, 0.5) is 0 Å². The molecule has 2 aromatic heterocycles. The van der Waals surface area contributed by atoms with E-state index in [9.17, 15) is 0 Å². The zero-order valence-corrected chi connectivity index (χ0v) is 12.4. The van der Waals surface area contributed by atoms with Crippen LogP contribution in [0.2, 0.25) is 5.28 Å². The minimum atomic E-state index is 0.132. The van der Waals surface area contributed by atoms with Gasteiger partial charge in [0.25, 0.3) is 0 Å². The SMILES string of the molecule is CC(C)(C)c1ccc(-c2nc(Cl)nc3[nH]ncc23)cc1. The first-order valence-corrected chi connectivity index (χ1v) is 6.80. The van der Waals surface area contributed by atoms with E-state index in [0.29, 0.717) is 5.65 Å². The first-order valence-electron chi connectivity index (χ1n) is 6.43. The van der Waals surface area contributed by atoms with Gasteiger partial charge < -0.3 is 0 Å². The Morgan fingerprint density at radius 1 is 1.05 bits per heavy atom. The quantitative estimate of drug-likeness (QED) is 0.689. The molecule has 20 heavy (non-hydrogen) atoms. The van der Waals surface area contributed by atoms with Crippen LogP contribution in [-0.4, -0.2) is 20.2 Å². The number of rotatable bonds is 1. The third-order valence-corrected chi connectivity index (χ3v) is 3.48. The monoisotopic (exact) mass is 286 g/mol. The Labute approximate surface area is 122 Å². The summed E-state index contributed by atoms with van der Waals surface area (Å²) in [5.41, 5.74) is 3.87. The second kappa shape index (κ2) is 4.56. The van der Waals surface area contributed by atoms with Crippen molar-refractivity contribution in [3.63, 3.8) is 0 Å². The van der Waals surface area contributed by atoms with E-state index >= 15 is 0 Å². The van der Waals surface area contributed by atoms with E-state index < -0.39 is 0 Å². The standard InChI is InChI=1S/C15H15ClN4/c1-15(2,3)10-6-4-9(5-7-10)12-11-8-17-20-13(11)19-14(16)18-12/h4-8H,1-3H3,(H,17,18,19,20). The predicted molar refractivity (Wildman–Crippen MR) is 80.8 cm³/mol. The molecule has 0 amide bonds. The lowest BCUT2D eigenvalue weighted by atomic mass is 9.86. The molecule has 0 spiro atoms. The molecular weight excluding hydrogens is 272 g/mol. The van der Waals surface area contributed by atoms with Crippen molar-refractivity contribution < 1.29 is 0 Å². The maximum Gasteiger partial charge on any atom is 0.224 e. The number of benzene rings is 1. The highest BCUT2D eigenvalue weighted by Gasteiger charge is 2.15. The molecule has 0 fully saturated rings. The van der Waals surface area contributed by atoms with E-state index in [1.54, 1.807) is 6.20 Å². The number of halogens is 1. The van der Waals surface area contributed by atoms with E-state index in [1.807, 2.05) is 0 Å². The summed E-state index contributed by atoms with van der Waals surface area (Å²) in [7, 11) is 0. The summed E-state index contributed by atoms with van der Waals surface area (Å²) >= 11 is 5.96. The van der Waals surface area contributed by atoms with Crippen LogP contribution >= 0.6 is 11.6 Å². The maximum atomic E-state index is 5.96. The maximum absolute atomic E-state index is 5.96. The second-order valence-electron chi connectivity index (χ2n) is 5.80. The Morgan fingerprint density at radius 2 is 1.75 bits per heavy atom. The second-order valence-corrected chi connectivity index (χ2v) is 6.14. The van der Waals surface area contributed by atoms with E-state index in [-0.39, 0.29) is 10.7 Å². The normalized spacial score (nSPS) is 12.0. The molecule has 0 radical (unpaired) electrons. The molecule has 0 aliphatic carbocycles. The molecule has 3 aromatic rings. The Bertz CT molecular complexity index is 754. The molecule has 102 valence electrons. The topological polar surface area (TPSA) is 54.5 Å². The van der Waals surface area contributed by atoms with Gasteiger partial charge in [-0.3, -0.25) is 5.10 Å². The van der Waals surface area contributed by atoms with Crippen molar-refractivity contribution in [2.45, 2.75) is 26.2 Å². The lowest BCUT2D eigenvalue weighted by Crippen LogP contribution is -2.10. The van der Waals surface area contributed by atoms with Crippen LogP contribution in [0.1, 0.15) is 26.3 Å². The summed E-state index contributed by atoms with van der Waals surface area (Å²) in [4.78, 5) is 8.44. The zero-order chi connectivity index (χ0) is 14.3. The Balaban J connectivity index is 2.14. The van der Waals surface area contributed by atoms with Gasteiger partial charge in [-0.05, 0) is 22.6 Å². The van der Waals surface area contributed by atoms with Gasteiger partial charge in [-0.25, -0.2) is 4.98 Å². The molecule has 0 aliphatic heterocycles. The summed E-state index contributed by atoms with van der Waals surface area (Å²) < 4.78 is 0. The first kappa shape index (κ1) is 13.1. The van der Waals surface area contributed by atoms with Gasteiger partial charge in [-0.1, -0.05) is 45.0 Å². The van der Waals surface area contributed by atoms with Crippen LogP contribution in [0, 0.1) is 0 Å². The molecule has 5 heteroatoms. The van der Waals surface area contributed by atoms with Gasteiger partial charge in [0.05, 0.1) is 17.3 Å². The molecule has 1 aromatic carbocycles.